The van der Waals surface area contributed by atoms with Gasteiger partial charge in [-0.3, -0.25) is 2.78 Å². The summed E-state index contributed by atoms with van der Waals surface area (Å²) in [4.78, 5) is 0. The molecular weight excluding hydrogens is 296 g/mol. The summed E-state index contributed by atoms with van der Waals surface area (Å²) in [6.45, 7) is 9.06. The molecule has 0 spiro atoms. The molecule has 0 bridgehead atoms. The highest BCUT2D eigenvalue weighted by Gasteiger charge is 2.30. The number of hydrogen-bond donors (Lipinski definition) is 0. The average molecular weight is 311 g/mol. The van der Waals surface area contributed by atoms with E-state index in [0.29, 0.717) is 5.82 Å². The molecule has 0 unspecified atom stereocenters. The predicted octanol–water partition coefficient (Wildman–Crippen LogP) is 2.98. The molecule has 1 heterocycles. The number of rotatable bonds is 1. The van der Waals surface area contributed by atoms with Gasteiger partial charge in [0.2, 0.25) is 0 Å². The van der Waals surface area contributed by atoms with E-state index in [2.05, 4.69) is 10.2 Å². The third kappa shape index (κ3) is 2.24. The van der Waals surface area contributed by atoms with Crippen LogP contribution in [0.25, 0.3) is 0 Å². The molecule has 0 aromatic carbocycles. The third-order valence-electron chi connectivity index (χ3n) is 1.81. The minimum absolute atomic E-state index is 0.113. The fourth-order valence-corrected chi connectivity index (χ4v) is 2.56. The second-order valence-corrected chi connectivity index (χ2v) is 5.82. The van der Waals surface area contributed by atoms with Gasteiger partial charge in [-0.15, -0.1) is 10.2 Å². The molecule has 0 saturated carbocycles. The normalized spacial score (nSPS) is 13.4. The van der Waals surface area contributed by atoms with Crippen LogP contribution in [-0.4, -0.2) is 13.0 Å². The molecular formula is C9H15FIN3. The SMILES string of the molecule is CC(C)(C)c1nnc(C(C)(C)F)n1I. The van der Waals surface area contributed by atoms with Crippen LogP contribution in [-0.2, 0) is 11.1 Å². The van der Waals surface area contributed by atoms with Crippen LogP contribution in [0.4, 0.5) is 4.39 Å². The molecule has 3 nitrogen and oxygen atoms in total. The topological polar surface area (TPSA) is 30.7 Å². The second-order valence-electron chi connectivity index (χ2n) is 4.85. The molecule has 1 aromatic heterocycles. The van der Waals surface area contributed by atoms with Crippen LogP contribution in [0.5, 0.6) is 0 Å². The second kappa shape index (κ2) is 3.43. The van der Waals surface area contributed by atoms with E-state index in [0.717, 1.165) is 5.82 Å². The number of alkyl halides is 1. The lowest BCUT2D eigenvalue weighted by molar-refractivity contribution is 0.206. The van der Waals surface area contributed by atoms with Gasteiger partial charge in [0, 0.05) is 5.41 Å². The molecule has 0 atom stereocenters. The van der Waals surface area contributed by atoms with Crippen molar-refractivity contribution in [3.05, 3.63) is 11.6 Å². The van der Waals surface area contributed by atoms with Gasteiger partial charge in [0.15, 0.2) is 11.5 Å². The van der Waals surface area contributed by atoms with E-state index in [1.807, 2.05) is 43.6 Å². The molecule has 0 amide bonds. The Balaban J connectivity index is 3.23. The number of aromatic nitrogens is 3. The van der Waals surface area contributed by atoms with Crippen molar-refractivity contribution in [1.82, 2.24) is 13.0 Å². The van der Waals surface area contributed by atoms with Crippen LogP contribution in [0.3, 0.4) is 0 Å². The van der Waals surface area contributed by atoms with Gasteiger partial charge in [-0.2, -0.15) is 0 Å². The minimum atomic E-state index is -1.45. The van der Waals surface area contributed by atoms with E-state index in [1.165, 1.54) is 13.8 Å². The molecule has 0 aliphatic carbocycles. The van der Waals surface area contributed by atoms with Gasteiger partial charge in [0.05, 0.1) is 22.9 Å². The zero-order chi connectivity index (χ0) is 11.1. The first-order valence-corrected chi connectivity index (χ1v) is 5.42. The van der Waals surface area contributed by atoms with Crippen molar-refractivity contribution in [2.75, 3.05) is 0 Å². The summed E-state index contributed by atoms with van der Waals surface area (Å²) < 4.78 is 15.4. The minimum Gasteiger partial charge on any atom is -0.251 e. The molecule has 0 saturated heterocycles. The Kier molecular flexibility index (Phi) is 2.91. The van der Waals surface area contributed by atoms with Crippen molar-refractivity contribution in [3.63, 3.8) is 0 Å². The van der Waals surface area contributed by atoms with Gasteiger partial charge < -0.3 is 0 Å². The Morgan fingerprint density at radius 2 is 1.50 bits per heavy atom. The van der Waals surface area contributed by atoms with Crippen LogP contribution in [0, 0.1) is 0 Å². The van der Waals surface area contributed by atoms with Gasteiger partial charge in [0.1, 0.15) is 5.82 Å². The van der Waals surface area contributed by atoms with Crippen molar-refractivity contribution in [1.29, 1.82) is 0 Å². The van der Waals surface area contributed by atoms with Gasteiger partial charge in [0.25, 0.3) is 0 Å². The van der Waals surface area contributed by atoms with Crippen LogP contribution in [0.2, 0.25) is 0 Å². The largest absolute Gasteiger partial charge is 0.251 e. The molecule has 80 valence electrons. The van der Waals surface area contributed by atoms with E-state index < -0.39 is 5.67 Å². The zero-order valence-electron chi connectivity index (χ0n) is 9.10. The van der Waals surface area contributed by atoms with E-state index >= 15 is 0 Å². The summed E-state index contributed by atoms with van der Waals surface area (Å²) in [5.74, 6) is 1.15. The van der Waals surface area contributed by atoms with Crippen LogP contribution in [0.15, 0.2) is 0 Å². The van der Waals surface area contributed by atoms with Gasteiger partial charge in [-0.25, -0.2) is 4.39 Å². The van der Waals surface area contributed by atoms with E-state index in [-0.39, 0.29) is 5.41 Å². The summed E-state index contributed by atoms with van der Waals surface area (Å²) in [7, 11) is 0. The van der Waals surface area contributed by atoms with Gasteiger partial charge in [-0.05, 0) is 13.8 Å². The van der Waals surface area contributed by atoms with Crippen molar-refractivity contribution in [3.8, 4) is 0 Å². The third-order valence-corrected chi connectivity index (χ3v) is 2.73. The van der Waals surface area contributed by atoms with Crippen molar-refractivity contribution in [2.45, 2.75) is 45.7 Å². The van der Waals surface area contributed by atoms with E-state index in [1.54, 1.807) is 2.78 Å². The summed E-state index contributed by atoms with van der Waals surface area (Å²) in [6.07, 6.45) is 0. The van der Waals surface area contributed by atoms with Crippen LogP contribution >= 0.6 is 22.9 Å². The van der Waals surface area contributed by atoms with E-state index in [9.17, 15) is 4.39 Å². The Morgan fingerprint density at radius 3 is 1.71 bits per heavy atom. The predicted molar refractivity (Wildman–Crippen MR) is 62.3 cm³/mol. The summed E-state index contributed by atoms with van der Waals surface area (Å²) in [6, 6.07) is 0. The Labute approximate surface area is 97.6 Å². The lowest BCUT2D eigenvalue weighted by Crippen LogP contribution is -2.19. The molecule has 0 radical (unpaired) electrons. The van der Waals surface area contributed by atoms with Crippen LogP contribution < -0.4 is 0 Å². The first-order chi connectivity index (χ1) is 6.14. The van der Waals surface area contributed by atoms with Crippen molar-refractivity contribution >= 4 is 22.9 Å². The first kappa shape index (κ1) is 11.9. The van der Waals surface area contributed by atoms with Gasteiger partial charge >= 0.3 is 0 Å². The lowest BCUT2D eigenvalue weighted by atomic mass is 9.96. The number of halogens is 2. The molecule has 14 heavy (non-hydrogen) atoms. The average Bonchev–Trinajstić information content (AvgIpc) is 2.26. The van der Waals surface area contributed by atoms with Crippen molar-refractivity contribution < 1.29 is 4.39 Å². The number of nitrogens with zero attached hydrogens (tertiary/aromatic N) is 3. The monoisotopic (exact) mass is 311 g/mol. The summed E-state index contributed by atoms with van der Waals surface area (Å²) in [5, 5.41) is 7.90. The van der Waals surface area contributed by atoms with Gasteiger partial charge in [-0.1, -0.05) is 20.8 Å². The highest BCUT2D eigenvalue weighted by Crippen LogP contribution is 2.29. The fourth-order valence-electron chi connectivity index (χ4n) is 1.07. The van der Waals surface area contributed by atoms with E-state index in [4.69, 9.17) is 0 Å². The molecule has 1 aromatic rings. The maximum absolute atomic E-state index is 13.7. The Morgan fingerprint density at radius 1 is 1.07 bits per heavy atom. The maximum atomic E-state index is 13.7. The maximum Gasteiger partial charge on any atom is 0.179 e. The van der Waals surface area contributed by atoms with Crippen LogP contribution in [0.1, 0.15) is 46.3 Å². The fraction of sp³-hybridized carbons (Fsp3) is 0.778. The summed E-state index contributed by atoms with van der Waals surface area (Å²) >= 11 is 2.04. The molecule has 0 N–H and O–H groups in total. The highest BCUT2D eigenvalue weighted by molar-refractivity contribution is 14.1. The standard InChI is InChI=1S/C9H15FIN3/c1-8(2,3)6-12-13-7(14(6)11)9(4,5)10/h1-5H3. The lowest BCUT2D eigenvalue weighted by Gasteiger charge is -2.18. The zero-order valence-corrected chi connectivity index (χ0v) is 11.3. The molecule has 0 fully saturated rings. The number of hydrogen-bond acceptors (Lipinski definition) is 2. The smallest absolute Gasteiger partial charge is 0.179 e. The Bertz CT molecular complexity index is 301. The molecule has 5 heteroatoms. The molecule has 1 rings (SSSR count). The Hall–Kier alpha value is -0.200. The molecule has 0 aliphatic heterocycles. The van der Waals surface area contributed by atoms with Crippen molar-refractivity contribution in [2.24, 2.45) is 0 Å². The highest BCUT2D eigenvalue weighted by atomic mass is 127. The quantitative estimate of drug-likeness (QED) is 0.747. The first-order valence-electron chi connectivity index (χ1n) is 4.45. The summed E-state index contributed by atoms with van der Waals surface area (Å²) in [5.41, 5.74) is -1.56. The molecule has 0 aliphatic rings.